The second-order valence-electron chi connectivity index (χ2n) is 5.50. The fourth-order valence-corrected chi connectivity index (χ4v) is 2.57. The van der Waals surface area contributed by atoms with E-state index >= 15 is 0 Å². The van der Waals surface area contributed by atoms with Gasteiger partial charge in [0.2, 0.25) is 0 Å². The van der Waals surface area contributed by atoms with Crippen molar-refractivity contribution in [2.45, 2.75) is 25.8 Å². The van der Waals surface area contributed by atoms with E-state index in [1.165, 1.54) is 12.8 Å². The smallest absolute Gasteiger partial charge is 0.165 e. The summed E-state index contributed by atoms with van der Waals surface area (Å²) in [7, 11) is 5.12. The molecule has 0 atom stereocenters. The molecule has 0 saturated heterocycles. The third-order valence-electron chi connectivity index (χ3n) is 4.09. The second kappa shape index (κ2) is 6.95. The second-order valence-corrected chi connectivity index (χ2v) is 5.50. The molecule has 20 heavy (non-hydrogen) atoms. The van der Waals surface area contributed by atoms with Crippen molar-refractivity contribution < 1.29 is 14.2 Å². The van der Waals surface area contributed by atoms with Crippen molar-refractivity contribution in [3.8, 4) is 11.5 Å². The molecule has 112 valence electrons. The van der Waals surface area contributed by atoms with E-state index in [4.69, 9.17) is 14.2 Å². The van der Waals surface area contributed by atoms with E-state index in [0.29, 0.717) is 5.41 Å². The maximum Gasteiger partial charge on any atom is 0.165 e. The third-order valence-corrected chi connectivity index (χ3v) is 4.09. The predicted molar refractivity (Wildman–Crippen MR) is 79.4 cm³/mol. The van der Waals surface area contributed by atoms with E-state index in [-0.39, 0.29) is 0 Å². The lowest BCUT2D eigenvalue weighted by molar-refractivity contribution is 0.171. The molecule has 4 heteroatoms. The molecule has 0 bridgehead atoms. The minimum absolute atomic E-state index is 0.460. The number of methoxy groups -OCH3 is 3. The largest absolute Gasteiger partial charge is 0.493 e. The van der Waals surface area contributed by atoms with Crippen LogP contribution in [0.1, 0.15) is 24.8 Å². The lowest BCUT2D eigenvalue weighted by atomic mass is 10.0. The minimum Gasteiger partial charge on any atom is -0.493 e. The van der Waals surface area contributed by atoms with Crippen LogP contribution in [0.5, 0.6) is 11.5 Å². The summed E-state index contributed by atoms with van der Waals surface area (Å²) in [5.41, 5.74) is 1.59. The molecule has 1 N–H and O–H groups in total. The molecule has 0 aromatic heterocycles. The maximum atomic E-state index is 5.45. The zero-order chi connectivity index (χ0) is 14.4. The van der Waals surface area contributed by atoms with Gasteiger partial charge >= 0.3 is 0 Å². The van der Waals surface area contributed by atoms with Crippen LogP contribution in [-0.2, 0) is 11.3 Å². The van der Waals surface area contributed by atoms with E-state index in [0.717, 1.165) is 43.2 Å². The van der Waals surface area contributed by atoms with Gasteiger partial charge in [0.1, 0.15) is 0 Å². The quantitative estimate of drug-likeness (QED) is 0.754. The summed E-state index contributed by atoms with van der Waals surface area (Å²) in [4.78, 5) is 0. The number of para-hydroxylation sites is 1. The van der Waals surface area contributed by atoms with Crippen LogP contribution < -0.4 is 14.8 Å². The molecule has 1 aromatic rings. The third kappa shape index (κ3) is 3.64. The molecule has 2 rings (SSSR count). The molecule has 1 fully saturated rings. The Morgan fingerprint density at radius 1 is 1.15 bits per heavy atom. The van der Waals surface area contributed by atoms with Gasteiger partial charge in [0, 0.05) is 32.4 Å². The van der Waals surface area contributed by atoms with Crippen molar-refractivity contribution >= 4 is 0 Å². The van der Waals surface area contributed by atoms with E-state index in [1.807, 2.05) is 12.1 Å². The lowest BCUT2D eigenvalue weighted by Gasteiger charge is -2.17. The van der Waals surface area contributed by atoms with Gasteiger partial charge in [-0.25, -0.2) is 0 Å². The molecule has 0 spiro atoms. The van der Waals surface area contributed by atoms with Crippen molar-refractivity contribution in [3.63, 3.8) is 0 Å². The topological polar surface area (TPSA) is 39.7 Å². The lowest BCUT2D eigenvalue weighted by Crippen LogP contribution is -2.24. The molecule has 0 unspecified atom stereocenters. The van der Waals surface area contributed by atoms with Gasteiger partial charge in [-0.2, -0.15) is 0 Å². The Kier molecular flexibility index (Phi) is 5.26. The summed E-state index contributed by atoms with van der Waals surface area (Å²) in [5, 5.41) is 3.55. The zero-order valence-corrected chi connectivity index (χ0v) is 12.7. The van der Waals surface area contributed by atoms with Crippen LogP contribution in [0.25, 0.3) is 0 Å². The number of benzene rings is 1. The normalized spacial score (nSPS) is 15.9. The van der Waals surface area contributed by atoms with Gasteiger partial charge in [-0.15, -0.1) is 0 Å². The van der Waals surface area contributed by atoms with Crippen molar-refractivity contribution in [3.05, 3.63) is 23.8 Å². The molecule has 1 aliphatic rings. The number of ether oxygens (including phenoxy) is 3. The molecule has 0 heterocycles. The standard InChI is InChI=1S/C16H25NO3/c1-18-10-9-16(7-8-16)12-17-11-13-5-4-6-14(19-2)15(13)20-3/h4-6,17H,7-12H2,1-3H3. The van der Waals surface area contributed by atoms with E-state index in [2.05, 4.69) is 11.4 Å². The van der Waals surface area contributed by atoms with Gasteiger partial charge < -0.3 is 19.5 Å². The highest BCUT2D eigenvalue weighted by molar-refractivity contribution is 5.46. The Morgan fingerprint density at radius 2 is 1.95 bits per heavy atom. The average Bonchev–Trinajstić information content (AvgIpc) is 3.25. The van der Waals surface area contributed by atoms with Crippen LogP contribution in [0.15, 0.2) is 18.2 Å². The number of nitrogens with one attached hydrogen (secondary N) is 1. The summed E-state index contributed by atoms with van der Waals surface area (Å²) in [5.74, 6) is 1.61. The summed E-state index contributed by atoms with van der Waals surface area (Å²) in [6.45, 7) is 2.69. The first-order valence-corrected chi connectivity index (χ1v) is 7.14. The highest BCUT2D eigenvalue weighted by Gasteiger charge is 2.41. The molecule has 4 nitrogen and oxygen atoms in total. The van der Waals surface area contributed by atoms with E-state index in [9.17, 15) is 0 Å². The van der Waals surface area contributed by atoms with Crippen LogP contribution in [-0.4, -0.2) is 34.5 Å². The SMILES string of the molecule is COCCC1(CNCc2cccc(OC)c2OC)CC1. The fraction of sp³-hybridized carbons (Fsp3) is 0.625. The summed E-state index contributed by atoms with van der Waals surface area (Å²) >= 11 is 0. The highest BCUT2D eigenvalue weighted by atomic mass is 16.5. The first-order valence-electron chi connectivity index (χ1n) is 7.14. The van der Waals surface area contributed by atoms with Gasteiger partial charge in [0.15, 0.2) is 11.5 Å². The molecule has 1 aliphatic carbocycles. The van der Waals surface area contributed by atoms with E-state index < -0.39 is 0 Å². The van der Waals surface area contributed by atoms with Crippen molar-refractivity contribution in [1.29, 1.82) is 0 Å². The monoisotopic (exact) mass is 279 g/mol. The van der Waals surface area contributed by atoms with Gasteiger partial charge in [0.25, 0.3) is 0 Å². The number of rotatable bonds is 9. The first kappa shape index (κ1) is 15.1. The first-order chi connectivity index (χ1) is 9.74. The van der Waals surface area contributed by atoms with Gasteiger partial charge in [-0.3, -0.25) is 0 Å². The van der Waals surface area contributed by atoms with Crippen molar-refractivity contribution in [2.75, 3.05) is 34.5 Å². The van der Waals surface area contributed by atoms with Crippen molar-refractivity contribution in [2.24, 2.45) is 5.41 Å². The van der Waals surface area contributed by atoms with Gasteiger partial charge in [-0.05, 0) is 30.7 Å². The van der Waals surface area contributed by atoms with Crippen LogP contribution in [0.2, 0.25) is 0 Å². The number of hydrogen-bond acceptors (Lipinski definition) is 4. The van der Waals surface area contributed by atoms with Gasteiger partial charge in [-0.1, -0.05) is 12.1 Å². The molecule has 0 radical (unpaired) electrons. The van der Waals surface area contributed by atoms with Crippen molar-refractivity contribution in [1.82, 2.24) is 5.32 Å². The van der Waals surface area contributed by atoms with Crippen LogP contribution in [0, 0.1) is 5.41 Å². The molecule has 0 aliphatic heterocycles. The maximum absolute atomic E-state index is 5.45. The Labute approximate surface area is 121 Å². The summed E-state index contributed by atoms with van der Waals surface area (Å²) in [6, 6.07) is 5.99. The van der Waals surface area contributed by atoms with Crippen LogP contribution in [0.4, 0.5) is 0 Å². The molecule has 1 aromatic carbocycles. The van der Waals surface area contributed by atoms with Gasteiger partial charge in [0.05, 0.1) is 14.2 Å². The average molecular weight is 279 g/mol. The minimum atomic E-state index is 0.460. The Hall–Kier alpha value is -1.26. The predicted octanol–water partition coefficient (Wildman–Crippen LogP) is 2.61. The van der Waals surface area contributed by atoms with Crippen LogP contribution >= 0.6 is 0 Å². The Bertz CT molecular complexity index is 430. The summed E-state index contributed by atoms with van der Waals surface area (Å²) < 4.78 is 16.0. The number of hydrogen-bond donors (Lipinski definition) is 1. The molecule has 1 saturated carbocycles. The molecular weight excluding hydrogens is 254 g/mol. The van der Waals surface area contributed by atoms with Crippen LogP contribution in [0.3, 0.4) is 0 Å². The molecule has 0 amide bonds. The van der Waals surface area contributed by atoms with E-state index in [1.54, 1.807) is 21.3 Å². The Balaban J connectivity index is 1.88. The zero-order valence-electron chi connectivity index (χ0n) is 12.7. The highest BCUT2D eigenvalue weighted by Crippen LogP contribution is 2.48. The fourth-order valence-electron chi connectivity index (χ4n) is 2.57. The Morgan fingerprint density at radius 3 is 2.55 bits per heavy atom. The summed E-state index contributed by atoms with van der Waals surface area (Å²) in [6.07, 6.45) is 3.75. The molecular formula is C16H25NO3.